The summed E-state index contributed by atoms with van der Waals surface area (Å²) in [4.78, 5) is 22.1. The van der Waals surface area contributed by atoms with Crippen LogP contribution in [0.2, 0.25) is 0 Å². The monoisotopic (exact) mass is 293 g/mol. The van der Waals surface area contributed by atoms with Crippen molar-refractivity contribution in [3.8, 4) is 0 Å². The van der Waals surface area contributed by atoms with Crippen LogP contribution in [0.15, 0.2) is 12.1 Å². The van der Waals surface area contributed by atoms with Gasteiger partial charge in [0.2, 0.25) is 5.91 Å². The molecule has 0 unspecified atom stereocenters. The van der Waals surface area contributed by atoms with Gasteiger partial charge in [0.05, 0.1) is 16.2 Å². The zero-order chi connectivity index (χ0) is 15.6. The number of aryl methyl sites for hydroxylation is 1. The zero-order valence-electron chi connectivity index (χ0n) is 12.4. The molecule has 0 fully saturated rings. The number of nitro groups is 1. The van der Waals surface area contributed by atoms with Gasteiger partial charge < -0.3 is 15.4 Å². The highest BCUT2D eigenvalue weighted by atomic mass is 16.6. The lowest BCUT2D eigenvalue weighted by Crippen LogP contribution is -2.32. The number of methoxy groups -OCH3 is 1. The molecule has 1 aliphatic heterocycles. The van der Waals surface area contributed by atoms with Crippen molar-refractivity contribution in [1.82, 2.24) is 0 Å². The van der Waals surface area contributed by atoms with E-state index in [0.29, 0.717) is 30.8 Å². The third-order valence-electron chi connectivity index (χ3n) is 3.57. The van der Waals surface area contributed by atoms with Crippen LogP contribution in [0.1, 0.15) is 25.8 Å². The van der Waals surface area contributed by atoms with Crippen molar-refractivity contribution in [2.75, 3.05) is 24.3 Å². The van der Waals surface area contributed by atoms with Crippen LogP contribution in [0.3, 0.4) is 0 Å². The van der Waals surface area contributed by atoms with Crippen LogP contribution in [0.25, 0.3) is 0 Å². The molecule has 2 rings (SSSR count). The quantitative estimate of drug-likeness (QED) is 0.642. The average molecular weight is 293 g/mol. The van der Waals surface area contributed by atoms with Gasteiger partial charge in [-0.2, -0.15) is 0 Å². The molecule has 0 aliphatic carbocycles. The van der Waals surface area contributed by atoms with E-state index in [9.17, 15) is 14.9 Å². The average Bonchev–Trinajstić information content (AvgIpc) is 2.44. The van der Waals surface area contributed by atoms with Crippen LogP contribution in [0.5, 0.6) is 0 Å². The number of nitro benzene ring substituents is 1. The van der Waals surface area contributed by atoms with Crippen LogP contribution in [0.4, 0.5) is 17.1 Å². The molecule has 7 heteroatoms. The Morgan fingerprint density at radius 1 is 1.43 bits per heavy atom. The second-order valence-corrected chi connectivity index (χ2v) is 5.65. The summed E-state index contributed by atoms with van der Waals surface area (Å²) in [5, 5.41) is 16.9. The largest absolute Gasteiger partial charge is 0.377 e. The lowest BCUT2D eigenvalue weighted by molar-refractivity contribution is -0.383. The van der Waals surface area contributed by atoms with E-state index in [1.807, 2.05) is 13.8 Å². The molecule has 21 heavy (non-hydrogen) atoms. The molecule has 2 N–H and O–H groups in total. The number of benzene rings is 1. The van der Waals surface area contributed by atoms with Gasteiger partial charge in [0, 0.05) is 26.1 Å². The summed E-state index contributed by atoms with van der Waals surface area (Å²) in [6.45, 7) is 4.23. The molecule has 1 amide bonds. The Balaban J connectivity index is 2.31. The number of nitrogens with zero attached hydrogens (tertiary/aromatic N) is 1. The first-order valence-electron chi connectivity index (χ1n) is 6.72. The molecule has 1 aromatic rings. The van der Waals surface area contributed by atoms with Crippen LogP contribution in [0, 0.1) is 10.1 Å². The summed E-state index contributed by atoms with van der Waals surface area (Å²) < 4.78 is 5.30. The van der Waals surface area contributed by atoms with Crippen molar-refractivity contribution < 1.29 is 14.5 Å². The van der Waals surface area contributed by atoms with Gasteiger partial charge in [-0.3, -0.25) is 14.9 Å². The fourth-order valence-corrected chi connectivity index (χ4v) is 2.09. The Kier molecular flexibility index (Phi) is 4.13. The molecule has 0 spiro atoms. The topological polar surface area (TPSA) is 93.5 Å². The smallest absolute Gasteiger partial charge is 0.294 e. The lowest BCUT2D eigenvalue weighted by Gasteiger charge is -2.24. The van der Waals surface area contributed by atoms with Gasteiger partial charge in [-0.25, -0.2) is 0 Å². The number of carbonyl (C=O) groups excluding carboxylic acids is 1. The van der Waals surface area contributed by atoms with Crippen molar-refractivity contribution in [2.45, 2.75) is 32.3 Å². The first kappa shape index (κ1) is 15.2. The van der Waals surface area contributed by atoms with E-state index < -0.39 is 10.5 Å². The third kappa shape index (κ3) is 3.49. The Morgan fingerprint density at radius 2 is 2.14 bits per heavy atom. The Bertz CT molecular complexity index is 584. The second-order valence-electron chi connectivity index (χ2n) is 5.65. The van der Waals surface area contributed by atoms with Gasteiger partial charge >= 0.3 is 0 Å². The molecular weight excluding hydrogens is 274 g/mol. The summed E-state index contributed by atoms with van der Waals surface area (Å²) in [6.07, 6.45) is 0.981. The molecule has 1 heterocycles. The fourth-order valence-electron chi connectivity index (χ4n) is 2.09. The van der Waals surface area contributed by atoms with E-state index in [-0.39, 0.29) is 11.6 Å². The van der Waals surface area contributed by atoms with Crippen LogP contribution >= 0.6 is 0 Å². The molecule has 0 radical (unpaired) electrons. The number of amides is 1. The molecule has 0 saturated heterocycles. The van der Waals surface area contributed by atoms with Crippen LogP contribution in [-0.2, 0) is 16.0 Å². The highest BCUT2D eigenvalue weighted by Gasteiger charge is 2.24. The molecule has 7 nitrogen and oxygen atoms in total. The molecule has 1 aliphatic rings. The highest BCUT2D eigenvalue weighted by molar-refractivity contribution is 5.95. The molecule has 0 bridgehead atoms. The van der Waals surface area contributed by atoms with Gasteiger partial charge in [0.25, 0.3) is 5.69 Å². The lowest BCUT2D eigenvalue weighted by atomic mass is 10.0. The molecular formula is C14H19N3O4. The van der Waals surface area contributed by atoms with E-state index >= 15 is 0 Å². The molecule has 1 aromatic carbocycles. The SMILES string of the molecule is COC(C)(C)CNc1cc2c(cc1[N+](=O)[O-])NC(=O)CC2. The molecule has 0 aromatic heterocycles. The Morgan fingerprint density at radius 3 is 2.76 bits per heavy atom. The number of carbonyl (C=O) groups is 1. The van der Waals surface area contributed by atoms with E-state index in [1.165, 1.54) is 6.07 Å². The standard InChI is InChI=1S/C14H19N3O4/c1-14(2,21-3)8-15-11-6-9-4-5-13(18)16-10(9)7-12(11)17(19)20/h6-7,15H,4-5,8H2,1-3H3,(H,16,18). The minimum atomic E-state index is -0.455. The van der Waals surface area contributed by atoms with Crippen LogP contribution in [-0.4, -0.2) is 30.1 Å². The molecule has 114 valence electrons. The summed E-state index contributed by atoms with van der Waals surface area (Å²) in [6, 6.07) is 3.15. The fraction of sp³-hybridized carbons (Fsp3) is 0.500. The summed E-state index contributed by atoms with van der Waals surface area (Å²) in [5.74, 6) is -0.113. The van der Waals surface area contributed by atoms with Gasteiger partial charge in [-0.1, -0.05) is 0 Å². The van der Waals surface area contributed by atoms with Crippen molar-refractivity contribution in [1.29, 1.82) is 0 Å². The van der Waals surface area contributed by atoms with Crippen molar-refractivity contribution >= 4 is 23.0 Å². The predicted molar refractivity (Wildman–Crippen MR) is 79.6 cm³/mol. The maximum absolute atomic E-state index is 11.4. The number of ether oxygens (including phenoxy) is 1. The van der Waals surface area contributed by atoms with Gasteiger partial charge in [-0.05, 0) is 31.9 Å². The normalized spacial score (nSPS) is 14.3. The van der Waals surface area contributed by atoms with E-state index in [0.717, 1.165) is 5.56 Å². The molecule has 0 saturated carbocycles. The number of fused-ring (bicyclic) bond motifs is 1. The van der Waals surface area contributed by atoms with Gasteiger partial charge in [0.1, 0.15) is 5.69 Å². The van der Waals surface area contributed by atoms with Crippen molar-refractivity contribution in [3.05, 3.63) is 27.8 Å². The number of hydrogen-bond acceptors (Lipinski definition) is 5. The number of nitrogens with one attached hydrogen (secondary N) is 2. The Hall–Kier alpha value is -2.15. The van der Waals surface area contributed by atoms with Crippen molar-refractivity contribution in [2.24, 2.45) is 0 Å². The van der Waals surface area contributed by atoms with E-state index in [2.05, 4.69) is 10.6 Å². The number of anilines is 2. The highest BCUT2D eigenvalue weighted by Crippen LogP contribution is 2.34. The predicted octanol–water partition coefficient (Wildman–Crippen LogP) is 2.32. The summed E-state index contributed by atoms with van der Waals surface area (Å²) in [7, 11) is 1.60. The first-order valence-corrected chi connectivity index (χ1v) is 6.72. The maximum atomic E-state index is 11.4. The zero-order valence-corrected chi connectivity index (χ0v) is 12.4. The minimum Gasteiger partial charge on any atom is -0.377 e. The third-order valence-corrected chi connectivity index (χ3v) is 3.57. The van der Waals surface area contributed by atoms with E-state index in [1.54, 1.807) is 13.2 Å². The molecule has 0 atom stereocenters. The van der Waals surface area contributed by atoms with Gasteiger partial charge in [-0.15, -0.1) is 0 Å². The first-order chi connectivity index (χ1) is 9.82. The number of rotatable bonds is 5. The van der Waals surface area contributed by atoms with Crippen LogP contribution < -0.4 is 10.6 Å². The van der Waals surface area contributed by atoms with E-state index in [4.69, 9.17) is 4.74 Å². The van der Waals surface area contributed by atoms with Crippen molar-refractivity contribution in [3.63, 3.8) is 0 Å². The Labute approximate surface area is 122 Å². The maximum Gasteiger partial charge on any atom is 0.294 e. The second kappa shape index (κ2) is 5.69. The summed E-state index contributed by atoms with van der Waals surface area (Å²) >= 11 is 0. The van der Waals surface area contributed by atoms with Gasteiger partial charge in [0.15, 0.2) is 0 Å². The number of hydrogen-bond donors (Lipinski definition) is 2. The summed E-state index contributed by atoms with van der Waals surface area (Å²) in [5.41, 5.74) is 1.38. The minimum absolute atomic E-state index is 0.0529.